The number of nitrogens with one attached hydrogen (secondary N) is 1. The first-order valence-corrected chi connectivity index (χ1v) is 11.0. The second-order valence-electron chi connectivity index (χ2n) is 9.17. The van der Waals surface area contributed by atoms with Crippen LogP contribution >= 0.6 is 0 Å². The minimum Gasteiger partial charge on any atom is -0.343 e. The molecule has 0 atom stereocenters. The molecule has 4 nitrogen and oxygen atoms in total. The highest BCUT2D eigenvalue weighted by Gasteiger charge is 2.26. The molecule has 0 unspecified atom stereocenters. The summed E-state index contributed by atoms with van der Waals surface area (Å²) >= 11 is 0. The molecule has 0 aromatic carbocycles. The molecule has 4 heteroatoms. The highest BCUT2D eigenvalue weighted by atomic mass is 15.2. The Kier molecular flexibility index (Phi) is 5.84. The Hall–Kier alpha value is -1.39. The first-order chi connectivity index (χ1) is 13.1. The monoisotopic (exact) mass is 368 g/mol. The van der Waals surface area contributed by atoms with Crippen molar-refractivity contribution < 1.29 is 0 Å². The number of aromatic amines is 1. The van der Waals surface area contributed by atoms with Crippen molar-refractivity contribution in [2.75, 3.05) is 26.7 Å². The number of aromatic nitrogens is 2. The van der Waals surface area contributed by atoms with E-state index in [1.165, 1.54) is 74.8 Å². The van der Waals surface area contributed by atoms with E-state index < -0.39 is 0 Å². The molecule has 0 spiro atoms. The van der Waals surface area contributed by atoms with E-state index in [-0.39, 0.29) is 0 Å². The zero-order valence-electron chi connectivity index (χ0n) is 17.4. The Morgan fingerprint density at radius 2 is 1.93 bits per heavy atom. The Morgan fingerprint density at radius 3 is 2.63 bits per heavy atom. The number of nitrogens with zero attached hydrogens (tertiary/aromatic N) is 3. The molecule has 1 aliphatic carbocycles. The third kappa shape index (κ3) is 4.22. The normalized spacial score (nSPS) is 20.5. The predicted octanol–water partition coefficient (Wildman–Crippen LogP) is 4.77. The van der Waals surface area contributed by atoms with Gasteiger partial charge in [-0.2, -0.15) is 0 Å². The van der Waals surface area contributed by atoms with Crippen LogP contribution in [0.3, 0.4) is 0 Å². The first kappa shape index (κ1) is 18.9. The largest absolute Gasteiger partial charge is 0.343 e. The van der Waals surface area contributed by atoms with Crippen molar-refractivity contribution in [1.29, 1.82) is 0 Å². The molecule has 1 N–H and O–H groups in total. The third-order valence-corrected chi connectivity index (χ3v) is 6.85. The van der Waals surface area contributed by atoms with Gasteiger partial charge in [-0.15, -0.1) is 0 Å². The fourth-order valence-electron chi connectivity index (χ4n) is 5.26. The molecule has 2 aliphatic rings. The van der Waals surface area contributed by atoms with Crippen LogP contribution in [0.15, 0.2) is 18.3 Å². The third-order valence-electron chi connectivity index (χ3n) is 6.85. The number of fused-ring (bicyclic) bond motifs is 1. The van der Waals surface area contributed by atoms with E-state index in [4.69, 9.17) is 0 Å². The fourth-order valence-corrected chi connectivity index (χ4v) is 5.26. The maximum absolute atomic E-state index is 4.60. The predicted molar refractivity (Wildman–Crippen MR) is 113 cm³/mol. The summed E-state index contributed by atoms with van der Waals surface area (Å²) in [5, 5.41) is 1.33. The Bertz CT molecular complexity index is 736. The molecule has 1 saturated carbocycles. The minimum atomic E-state index is 0.691. The number of H-pyrrole nitrogens is 1. The lowest BCUT2D eigenvalue weighted by atomic mass is 9.94. The summed E-state index contributed by atoms with van der Waals surface area (Å²) in [4.78, 5) is 13.5. The van der Waals surface area contributed by atoms with Gasteiger partial charge in [-0.25, -0.2) is 4.98 Å². The zero-order valence-corrected chi connectivity index (χ0v) is 17.4. The summed E-state index contributed by atoms with van der Waals surface area (Å²) in [5.41, 5.74) is 4.06. The summed E-state index contributed by atoms with van der Waals surface area (Å²) in [6.45, 7) is 9.43. The highest BCUT2D eigenvalue weighted by molar-refractivity contribution is 5.81. The van der Waals surface area contributed by atoms with Crippen molar-refractivity contribution in [3.8, 4) is 0 Å². The fraction of sp³-hybridized carbons (Fsp3) is 0.696. The molecule has 1 saturated heterocycles. The van der Waals surface area contributed by atoms with Crippen molar-refractivity contribution in [3.05, 3.63) is 29.6 Å². The minimum absolute atomic E-state index is 0.691. The van der Waals surface area contributed by atoms with E-state index in [0.29, 0.717) is 12.0 Å². The summed E-state index contributed by atoms with van der Waals surface area (Å²) in [5.74, 6) is 1.54. The van der Waals surface area contributed by atoms with Gasteiger partial charge in [-0.3, -0.25) is 0 Å². The lowest BCUT2D eigenvalue weighted by Gasteiger charge is -2.36. The van der Waals surface area contributed by atoms with Crippen LogP contribution in [-0.4, -0.2) is 52.5 Å². The summed E-state index contributed by atoms with van der Waals surface area (Å²) < 4.78 is 0. The quantitative estimate of drug-likeness (QED) is 0.797. The zero-order chi connectivity index (χ0) is 18.8. The van der Waals surface area contributed by atoms with Crippen molar-refractivity contribution >= 4 is 11.0 Å². The maximum Gasteiger partial charge on any atom is 0.137 e. The summed E-state index contributed by atoms with van der Waals surface area (Å²) in [6.07, 6.45) is 10.00. The van der Waals surface area contributed by atoms with Crippen LogP contribution < -0.4 is 0 Å². The van der Waals surface area contributed by atoms with Crippen LogP contribution in [-0.2, 0) is 6.54 Å². The van der Waals surface area contributed by atoms with Crippen molar-refractivity contribution in [3.63, 3.8) is 0 Å². The van der Waals surface area contributed by atoms with E-state index in [2.05, 4.69) is 52.8 Å². The van der Waals surface area contributed by atoms with E-state index in [0.717, 1.165) is 18.1 Å². The smallest absolute Gasteiger partial charge is 0.137 e. The van der Waals surface area contributed by atoms with E-state index in [1.807, 2.05) is 6.20 Å². The van der Waals surface area contributed by atoms with E-state index in [1.54, 1.807) is 0 Å². The molecule has 2 fully saturated rings. The van der Waals surface area contributed by atoms with Crippen molar-refractivity contribution in [1.82, 2.24) is 19.8 Å². The average molecular weight is 369 g/mol. The van der Waals surface area contributed by atoms with Gasteiger partial charge in [-0.1, -0.05) is 12.8 Å². The Labute approximate surface area is 164 Å². The topological polar surface area (TPSA) is 35.2 Å². The molecule has 4 rings (SSSR count). The standard InChI is InChI=1S/C23H36N4/c1-17(2)27-13-10-18(11-14-27)15-26(3)16-21-20-9-6-12-24-23(20)25-22(21)19-7-4-5-8-19/h6,9,12,17-19H,4-5,7-8,10-11,13-16H2,1-3H3,(H,24,25). The van der Waals surface area contributed by atoms with Gasteiger partial charge < -0.3 is 14.8 Å². The number of hydrogen-bond donors (Lipinski definition) is 1. The van der Waals surface area contributed by atoms with Gasteiger partial charge in [0.15, 0.2) is 0 Å². The summed E-state index contributed by atoms with van der Waals surface area (Å²) in [6, 6.07) is 5.03. The maximum atomic E-state index is 4.60. The van der Waals surface area contributed by atoms with Gasteiger partial charge >= 0.3 is 0 Å². The van der Waals surface area contributed by atoms with Crippen LogP contribution in [0, 0.1) is 5.92 Å². The van der Waals surface area contributed by atoms with Crippen LogP contribution in [0.5, 0.6) is 0 Å². The van der Waals surface area contributed by atoms with Gasteiger partial charge in [0, 0.05) is 36.4 Å². The molecule has 2 aromatic heterocycles. The lowest BCUT2D eigenvalue weighted by molar-refractivity contribution is 0.127. The summed E-state index contributed by atoms with van der Waals surface area (Å²) in [7, 11) is 2.31. The SMILES string of the molecule is CC(C)N1CCC(CN(C)Cc2c(C3CCCC3)[nH]c3ncccc23)CC1. The Morgan fingerprint density at radius 1 is 1.19 bits per heavy atom. The number of piperidine rings is 1. The average Bonchev–Trinajstić information content (AvgIpc) is 3.30. The number of likely N-dealkylation sites (tertiary alicyclic amines) is 1. The van der Waals surface area contributed by atoms with E-state index in [9.17, 15) is 0 Å². The molecular formula is C23H36N4. The highest BCUT2D eigenvalue weighted by Crippen LogP contribution is 2.38. The van der Waals surface area contributed by atoms with Gasteiger partial charge in [0.1, 0.15) is 5.65 Å². The number of rotatable bonds is 6. The Balaban J connectivity index is 1.45. The van der Waals surface area contributed by atoms with Gasteiger partial charge in [-0.05, 0) is 89.2 Å². The molecule has 148 valence electrons. The molecule has 1 aliphatic heterocycles. The second-order valence-corrected chi connectivity index (χ2v) is 9.17. The molecule has 3 heterocycles. The van der Waals surface area contributed by atoms with Gasteiger partial charge in [0.2, 0.25) is 0 Å². The van der Waals surface area contributed by atoms with Crippen LogP contribution in [0.2, 0.25) is 0 Å². The lowest BCUT2D eigenvalue weighted by Crippen LogP contribution is -2.41. The van der Waals surface area contributed by atoms with Gasteiger partial charge in [0.25, 0.3) is 0 Å². The van der Waals surface area contributed by atoms with Crippen LogP contribution in [0.25, 0.3) is 11.0 Å². The van der Waals surface area contributed by atoms with Crippen molar-refractivity contribution in [2.24, 2.45) is 5.92 Å². The molecule has 0 radical (unpaired) electrons. The number of pyridine rings is 1. The second kappa shape index (κ2) is 8.32. The van der Waals surface area contributed by atoms with Crippen LogP contribution in [0.4, 0.5) is 0 Å². The number of hydrogen-bond acceptors (Lipinski definition) is 3. The van der Waals surface area contributed by atoms with Crippen molar-refractivity contribution in [2.45, 2.75) is 70.9 Å². The molecule has 0 amide bonds. The molecule has 2 aromatic rings. The molecular weight excluding hydrogens is 332 g/mol. The first-order valence-electron chi connectivity index (χ1n) is 11.0. The molecule has 0 bridgehead atoms. The molecule has 27 heavy (non-hydrogen) atoms. The van der Waals surface area contributed by atoms with E-state index >= 15 is 0 Å². The van der Waals surface area contributed by atoms with Gasteiger partial charge in [0.05, 0.1) is 0 Å². The van der Waals surface area contributed by atoms with Crippen LogP contribution in [0.1, 0.15) is 69.5 Å².